The van der Waals surface area contributed by atoms with Gasteiger partial charge >= 0.3 is 5.97 Å². The first-order valence-electron chi connectivity index (χ1n) is 9.55. The van der Waals surface area contributed by atoms with Gasteiger partial charge in [0.05, 0.1) is 31.4 Å². The molecule has 3 rings (SSSR count). The van der Waals surface area contributed by atoms with Crippen LogP contribution in [0.1, 0.15) is 35.7 Å². The first-order chi connectivity index (χ1) is 14.1. The summed E-state index contributed by atoms with van der Waals surface area (Å²) >= 11 is 6.19. The number of rotatable bonds is 8. The van der Waals surface area contributed by atoms with E-state index in [9.17, 15) is 9.90 Å². The molecule has 1 aliphatic heterocycles. The third-order valence-electron chi connectivity index (χ3n) is 4.79. The molecule has 2 aromatic rings. The molecule has 1 aromatic heterocycles. The molecule has 0 spiro atoms. The summed E-state index contributed by atoms with van der Waals surface area (Å²) in [5.74, 6) is 0.958. The van der Waals surface area contributed by atoms with E-state index in [2.05, 4.69) is 15.3 Å². The van der Waals surface area contributed by atoms with Gasteiger partial charge in [-0.05, 0) is 37.5 Å². The molecule has 1 saturated heterocycles. The third kappa shape index (κ3) is 4.89. The smallest absolute Gasteiger partial charge is 0.343 e. The van der Waals surface area contributed by atoms with Gasteiger partial charge in [0.1, 0.15) is 17.1 Å². The van der Waals surface area contributed by atoms with Gasteiger partial charge in [-0.25, -0.2) is 9.78 Å². The Morgan fingerprint density at radius 1 is 1.45 bits per heavy atom. The number of aliphatic hydroxyl groups is 1. The quantitative estimate of drug-likeness (QED) is 0.629. The van der Waals surface area contributed by atoms with E-state index in [1.54, 1.807) is 26.2 Å². The van der Waals surface area contributed by atoms with Crippen LogP contribution in [-0.4, -0.2) is 54.0 Å². The van der Waals surface area contributed by atoms with Crippen molar-refractivity contribution < 1.29 is 19.4 Å². The number of nitrogens with zero attached hydrogens (tertiary/aromatic N) is 3. The molecule has 1 aromatic carbocycles. The zero-order valence-electron chi connectivity index (χ0n) is 16.5. The van der Waals surface area contributed by atoms with Gasteiger partial charge in [0.15, 0.2) is 0 Å². The molecule has 2 N–H and O–H groups in total. The predicted octanol–water partition coefficient (Wildman–Crippen LogP) is 2.89. The lowest BCUT2D eigenvalue weighted by molar-refractivity contribution is 0.0526. The van der Waals surface area contributed by atoms with E-state index in [0.717, 1.165) is 24.9 Å². The van der Waals surface area contributed by atoms with Crippen molar-refractivity contribution in [2.45, 2.75) is 32.4 Å². The largest absolute Gasteiger partial charge is 0.495 e. The molecule has 8 nitrogen and oxygen atoms in total. The molecule has 9 heteroatoms. The zero-order valence-corrected chi connectivity index (χ0v) is 17.3. The highest BCUT2D eigenvalue weighted by atomic mass is 35.5. The van der Waals surface area contributed by atoms with E-state index >= 15 is 0 Å². The van der Waals surface area contributed by atoms with Gasteiger partial charge in [-0.2, -0.15) is 4.98 Å². The zero-order chi connectivity index (χ0) is 20.8. The van der Waals surface area contributed by atoms with Crippen LogP contribution in [0, 0.1) is 0 Å². The first kappa shape index (κ1) is 21.1. The normalized spacial score (nSPS) is 16.0. The standard InChI is InChI=1S/C20H25ClN4O4/c1-3-29-19(27)15-11-23-20(25-8-4-5-14(25)12-26)24-18(15)22-10-13-6-7-17(28-2)16(21)9-13/h6-7,9,11,14,26H,3-5,8,10,12H2,1-2H3,(H,22,23,24)/t14-/m0/s1. The van der Waals surface area contributed by atoms with Crippen molar-refractivity contribution in [2.24, 2.45) is 0 Å². The number of benzene rings is 1. The molecule has 0 amide bonds. The lowest BCUT2D eigenvalue weighted by Gasteiger charge is -2.23. The molecular weight excluding hydrogens is 396 g/mol. The van der Waals surface area contributed by atoms with Crippen molar-refractivity contribution in [1.82, 2.24) is 9.97 Å². The molecular formula is C20H25ClN4O4. The number of esters is 1. The molecule has 156 valence electrons. The Labute approximate surface area is 174 Å². The molecule has 0 aliphatic carbocycles. The summed E-state index contributed by atoms with van der Waals surface area (Å²) in [7, 11) is 1.56. The summed E-state index contributed by atoms with van der Waals surface area (Å²) in [5.41, 5.74) is 1.16. The van der Waals surface area contributed by atoms with Crippen LogP contribution < -0.4 is 15.0 Å². The topological polar surface area (TPSA) is 96.8 Å². The van der Waals surface area contributed by atoms with Crippen LogP contribution in [0.5, 0.6) is 5.75 Å². The minimum atomic E-state index is -0.491. The highest BCUT2D eigenvalue weighted by Crippen LogP contribution is 2.27. The van der Waals surface area contributed by atoms with E-state index in [4.69, 9.17) is 21.1 Å². The second kappa shape index (κ2) is 9.76. The number of anilines is 2. The Morgan fingerprint density at radius 2 is 2.28 bits per heavy atom. The monoisotopic (exact) mass is 420 g/mol. The number of nitrogens with one attached hydrogen (secondary N) is 1. The fourth-order valence-electron chi connectivity index (χ4n) is 3.30. The van der Waals surface area contributed by atoms with Gasteiger partial charge in [-0.15, -0.1) is 0 Å². The van der Waals surface area contributed by atoms with Crippen LogP contribution >= 0.6 is 11.6 Å². The lowest BCUT2D eigenvalue weighted by Crippen LogP contribution is -2.33. The van der Waals surface area contributed by atoms with E-state index in [1.807, 2.05) is 11.0 Å². The summed E-state index contributed by atoms with van der Waals surface area (Å²) in [6.07, 6.45) is 3.31. The number of hydrogen-bond donors (Lipinski definition) is 2. The van der Waals surface area contributed by atoms with Crippen molar-refractivity contribution in [3.63, 3.8) is 0 Å². The predicted molar refractivity (Wildman–Crippen MR) is 111 cm³/mol. The van der Waals surface area contributed by atoms with Crippen molar-refractivity contribution in [3.8, 4) is 5.75 Å². The van der Waals surface area contributed by atoms with Crippen LogP contribution in [0.25, 0.3) is 0 Å². The van der Waals surface area contributed by atoms with E-state index in [0.29, 0.717) is 29.1 Å². The Hall–Kier alpha value is -2.58. The van der Waals surface area contributed by atoms with Crippen molar-refractivity contribution >= 4 is 29.3 Å². The highest BCUT2D eigenvalue weighted by molar-refractivity contribution is 6.32. The SMILES string of the molecule is CCOC(=O)c1cnc(N2CCC[C@H]2CO)nc1NCc1ccc(OC)c(Cl)c1. The Morgan fingerprint density at radius 3 is 2.97 bits per heavy atom. The minimum Gasteiger partial charge on any atom is -0.495 e. The number of carbonyl (C=O) groups excluding carboxylic acids is 1. The second-order valence-electron chi connectivity index (χ2n) is 6.65. The van der Waals surface area contributed by atoms with Crippen LogP contribution in [0.4, 0.5) is 11.8 Å². The molecule has 0 radical (unpaired) electrons. The van der Waals surface area contributed by atoms with Gasteiger partial charge < -0.3 is 24.8 Å². The van der Waals surface area contributed by atoms with Gasteiger partial charge in [-0.1, -0.05) is 17.7 Å². The number of hydrogen-bond acceptors (Lipinski definition) is 8. The molecule has 0 saturated carbocycles. The number of halogens is 1. The average Bonchev–Trinajstić information content (AvgIpc) is 3.21. The Kier molecular flexibility index (Phi) is 7.11. The molecule has 29 heavy (non-hydrogen) atoms. The Bertz CT molecular complexity index is 864. The second-order valence-corrected chi connectivity index (χ2v) is 7.05. The fraction of sp³-hybridized carbons (Fsp3) is 0.450. The third-order valence-corrected chi connectivity index (χ3v) is 5.09. The molecule has 1 fully saturated rings. The highest BCUT2D eigenvalue weighted by Gasteiger charge is 2.27. The molecule has 1 atom stereocenters. The Balaban J connectivity index is 1.86. The molecule has 1 aliphatic rings. The van der Waals surface area contributed by atoms with Gasteiger partial charge in [-0.3, -0.25) is 0 Å². The van der Waals surface area contributed by atoms with Crippen LogP contribution in [0.2, 0.25) is 5.02 Å². The summed E-state index contributed by atoms with van der Waals surface area (Å²) in [6, 6.07) is 5.44. The summed E-state index contributed by atoms with van der Waals surface area (Å²) in [4.78, 5) is 23.2. The molecule has 0 bridgehead atoms. The molecule has 2 heterocycles. The lowest BCUT2D eigenvalue weighted by atomic mass is 10.2. The van der Waals surface area contributed by atoms with Crippen molar-refractivity contribution in [3.05, 3.63) is 40.5 Å². The summed E-state index contributed by atoms with van der Waals surface area (Å²) < 4.78 is 10.3. The van der Waals surface area contributed by atoms with Crippen LogP contribution in [-0.2, 0) is 11.3 Å². The van der Waals surface area contributed by atoms with Crippen LogP contribution in [0.3, 0.4) is 0 Å². The average molecular weight is 421 g/mol. The maximum absolute atomic E-state index is 12.3. The number of methoxy groups -OCH3 is 1. The summed E-state index contributed by atoms with van der Waals surface area (Å²) in [5, 5.41) is 13.3. The number of aromatic nitrogens is 2. The van der Waals surface area contributed by atoms with Gasteiger partial charge in [0.2, 0.25) is 5.95 Å². The number of ether oxygens (including phenoxy) is 2. The van der Waals surface area contributed by atoms with Crippen LogP contribution in [0.15, 0.2) is 24.4 Å². The van der Waals surface area contributed by atoms with E-state index < -0.39 is 5.97 Å². The maximum atomic E-state index is 12.3. The number of carbonyl (C=O) groups is 1. The van der Waals surface area contributed by atoms with E-state index in [1.165, 1.54) is 6.20 Å². The maximum Gasteiger partial charge on any atom is 0.343 e. The summed E-state index contributed by atoms with van der Waals surface area (Å²) in [6.45, 7) is 3.20. The number of aliphatic hydroxyl groups excluding tert-OH is 1. The minimum absolute atomic E-state index is 0.0170. The van der Waals surface area contributed by atoms with Crippen molar-refractivity contribution in [2.75, 3.05) is 37.1 Å². The molecule has 0 unspecified atom stereocenters. The van der Waals surface area contributed by atoms with Gasteiger partial charge in [0, 0.05) is 19.3 Å². The van der Waals surface area contributed by atoms with E-state index in [-0.39, 0.29) is 24.8 Å². The first-order valence-corrected chi connectivity index (χ1v) is 9.93. The van der Waals surface area contributed by atoms with Gasteiger partial charge in [0.25, 0.3) is 0 Å². The fourth-order valence-corrected chi connectivity index (χ4v) is 3.58. The van der Waals surface area contributed by atoms with Crippen molar-refractivity contribution in [1.29, 1.82) is 0 Å².